The first kappa shape index (κ1) is 23.6. The van der Waals surface area contributed by atoms with E-state index in [1.165, 1.54) is 48.2 Å². The second-order valence-corrected chi connectivity index (χ2v) is 12.9. The summed E-state index contributed by atoms with van der Waals surface area (Å²) >= 11 is 0. The van der Waals surface area contributed by atoms with Gasteiger partial charge in [0, 0.05) is 33.9 Å². The highest BCUT2D eigenvalue weighted by atomic mass is 31.1. The number of fused-ring (bicyclic) bond motifs is 10. The molecule has 0 atom stereocenters. The summed E-state index contributed by atoms with van der Waals surface area (Å²) in [5.41, 5.74) is 4.22. The largest absolute Gasteiger partial charge is 0.292 e. The highest BCUT2D eigenvalue weighted by Crippen LogP contribution is 2.40. The van der Waals surface area contributed by atoms with Crippen LogP contribution in [0.2, 0.25) is 0 Å². The van der Waals surface area contributed by atoms with Crippen molar-refractivity contribution >= 4 is 83.7 Å². The number of pyridine rings is 2. The minimum absolute atomic E-state index is 0.944. The van der Waals surface area contributed by atoms with Crippen molar-refractivity contribution in [1.29, 1.82) is 0 Å². The van der Waals surface area contributed by atoms with Crippen molar-refractivity contribution < 1.29 is 0 Å². The van der Waals surface area contributed by atoms with E-state index in [0.29, 0.717) is 0 Å². The summed E-state index contributed by atoms with van der Waals surface area (Å²) in [5, 5.41) is 12.4. The molecule has 0 fully saturated rings. The molecular formula is C38H24N3P. The first-order valence-electron chi connectivity index (χ1n) is 14.2. The predicted molar refractivity (Wildman–Crippen MR) is 179 cm³/mol. The van der Waals surface area contributed by atoms with E-state index < -0.39 is 7.92 Å². The summed E-state index contributed by atoms with van der Waals surface area (Å²) in [6.07, 6.45) is 4.10. The summed E-state index contributed by atoms with van der Waals surface area (Å²) in [7, 11) is -0.944. The highest BCUT2D eigenvalue weighted by Gasteiger charge is 2.24. The van der Waals surface area contributed by atoms with Crippen LogP contribution in [0.4, 0.5) is 0 Å². The van der Waals surface area contributed by atoms with Gasteiger partial charge in [-0.1, -0.05) is 103 Å². The van der Waals surface area contributed by atoms with Gasteiger partial charge in [-0.15, -0.1) is 0 Å². The van der Waals surface area contributed by atoms with Gasteiger partial charge in [0.25, 0.3) is 0 Å². The van der Waals surface area contributed by atoms with E-state index in [1.807, 2.05) is 6.20 Å². The van der Waals surface area contributed by atoms with Gasteiger partial charge in [-0.05, 0) is 70.4 Å². The number of rotatable bonds is 3. The van der Waals surface area contributed by atoms with E-state index in [-0.39, 0.29) is 0 Å². The molecule has 0 unspecified atom stereocenters. The maximum absolute atomic E-state index is 5.15. The SMILES string of the molecule is c1ccc2cc(P(c3ccc4ccccc4c3)c3cncc4c3c3ccccc3n3c5ccccc5nc43)ccc2c1. The second kappa shape index (κ2) is 9.21. The molecule has 3 aromatic heterocycles. The summed E-state index contributed by atoms with van der Waals surface area (Å²) in [6.45, 7) is 0. The molecule has 6 aromatic carbocycles. The Morgan fingerprint density at radius 3 is 1.81 bits per heavy atom. The maximum atomic E-state index is 5.15. The fourth-order valence-electron chi connectivity index (χ4n) is 6.46. The van der Waals surface area contributed by atoms with Crippen molar-refractivity contribution in [2.45, 2.75) is 0 Å². The lowest BCUT2D eigenvalue weighted by atomic mass is 10.1. The lowest BCUT2D eigenvalue weighted by molar-refractivity contribution is 1.30. The van der Waals surface area contributed by atoms with Crippen molar-refractivity contribution in [1.82, 2.24) is 14.4 Å². The van der Waals surface area contributed by atoms with Gasteiger partial charge in [0.2, 0.25) is 0 Å². The van der Waals surface area contributed by atoms with Crippen LogP contribution in [0.3, 0.4) is 0 Å². The molecule has 0 aliphatic carbocycles. The Morgan fingerprint density at radius 1 is 0.500 bits per heavy atom. The fourth-order valence-corrected chi connectivity index (χ4v) is 8.95. The van der Waals surface area contributed by atoms with Crippen LogP contribution in [0.1, 0.15) is 0 Å². The quantitative estimate of drug-likeness (QED) is 0.163. The lowest BCUT2D eigenvalue weighted by Crippen LogP contribution is -2.22. The van der Waals surface area contributed by atoms with Gasteiger partial charge in [0.1, 0.15) is 5.65 Å². The minimum atomic E-state index is -0.944. The third kappa shape index (κ3) is 3.51. The minimum Gasteiger partial charge on any atom is -0.292 e. The van der Waals surface area contributed by atoms with Crippen LogP contribution < -0.4 is 15.9 Å². The number of nitrogens with zero attached hydrogens (tertiary/aromatic N) is 3. The molecule has 3 heterocycles. The zero-order chi connectivity index (χ0) is 27.6. The van der Waals surface area contributed by atoms with Gasteiger partial charge >= 0.3 is 0 Å². The van der Waals surface area contributed by atoms with Gasteiger partial charge in [-0.25, -0.2) is 4.98 Å². The van der Waals surface area contributed by atoms with E-state index in [0.717, 1.165) is 27.6 Å². The second-order valence-electron chi connectivity index (χ2n) is 10.8. The number of aromatic nitrogens is 3. The molecule has 0 saturated heterocycles. The van der Waals surface area contributed by atoms with Crippen molar-refractivity contribution in [3.05, 3.63) is 146 Å². The molecule has 196 valence electrons. The van der Waals surface area contributed by atoms with Crippen LogP contribution in [0.25, 0.3) is 59.9 Å². The average molecular weight is 554 g/mol. The molecule has 9 aromatic rings. The molecule has 0 spiro atoms. The highest BCUT2D eigenvalue weighted by molar-refractivity contribution is 7.80. The standard InChI is InChI=1S/C38H24N3P/c1-3-11-27-21-29(19-17-25(27)9-1)42(30-20-18-26-10-2-4-12-28(26)22-30)36-24-39-23-32-37(36)31-13-5-7-15-34(31)41-35-16-8-6-14-33(35)40-38(32)41/h1-24H. The molecule has 0 saturated carbocycles. The first-order valence-corrected chi connectivity index (χ1v) is 15.5. The molecule has 0 bridgehead atoms. The van der Waals surface area contributed by atoms with Gasteiger partial charge in [-0.3, -0.25) is 9.38 Å². The number of hydrogen-bond acceptors (Lipinski definition) is 2. The van der Waals surface area contributed by atoms with Crippen LogP contribution in [-0.2, 0) is 0 Å². The molecule has 0 aliphatic heterocycles. The van der Waals surface area contributed by atoms with E-state index in [4.69, 9.17) is 9.97 Å². The number of para-hydroxylation sites is 3. The summed E-state index contributed by atoms with van der Waals surface area (Å²) in [4.78, 5) is 10.1. The zero-order valence-corrected chi connectivity index (χ0v) is 23.5. The van der Waals surface area contributed by atoms with Crippen LogP contribution in [0.15, 0.2) is 146 Å². The predicted octanol–water partition coefficient (Wildman–Crippen LogP) is 8.25. The molecule has 0 radical (unpaired) electrons. The number of hydrogen-bond donors (Lipinski definition) is 0. The molecule has 4 heteroatoms. The molecular weight excluding hydrogens is 529 g/mol. The maximum Gasteiger partial charge on any atom is 0.147 e. The summed E-state index contributed by atoms with van der Waals surface area (Å²) in [5.74, 6) is 0. The molecule has 0 amide bonds. The number of imidazole rings is 1. The van der Waals surface area contributed by atoms with Gasteiger partial charge in [-0.2, -0.15) is 0 Å². The molecule has 3 nitrogen and oxygen atoms in total. The Balaban J connectivity index is 1.43. The van der Waals surface area contributed by atoms with E-state index in [9.17, 15) is 0 Å². The molecule has 0 N–H and O–H groups in total. The van der Waals surface area contributed by atoms with Crippen LogP contribution >= 0.6 is 7.92 Å². The van der Waals surface area contributed by atoms with Crippen LogP contribution in [-0.4, -0.2) is 14.4 Å². The van der Waals surface area contributed by atoms with E-state index in [1.54, 1.807) is 0 Å². The van der Waals surface area contributed by atoms with Gasteiger partial charge < -0.3 is 0 Å². The number of benzene rings is 6. The average Bonchev–Trinajstić information content (AvgIpc) is 3.45. The smallest absolute Gasteiger partial charge is 0.147 e. The van der Waals surface area contributed by atoms with E-state index in [2.05, 4.69) is 144 Å². The third-order valence-electron chi connectivity index (χ3n) is 8.37. The van der Waals surface area contributed by atoms with Crippen molar-refractivity contribution in [3.8, 4) is 0 Å². The lowest BCUT2D eigenvalue weighted by Gasteiger charge is -2.23. The van der Waals surface area contributed by atoms with Gasteiger partial charge in [0.05, 0.1) is 16.6 Å². The van der Waals surface area contributed by atoms with E-state index >= 15 is 0 Å². The van der Waals surface area contributed by atoms with Crippen molar-refractivity contribution in [2.24, 2.45) is 0 Å². The normalized spacial score (nSPS) is 12.0. The zero-order valence-electron chi connectivity index (χ0n) is 22.6. The summed E-state index contributed by atoms with van der Waals surface area (Å²) < 4.78 is 2.30. The molecule has 42 heavy (non-hydrogen) atoms. The van der Waals surface area contributed by atoms with Gasteiger partial charge in [0.15, 0.2) is 0 Å². The Hall–Kier alpha value is -5.11. The first-order chi connectivity index (χ1) is 20.8. The Morgan fingerprint density at radius 2 is 1.10 bits per heavy atom. The molecule has 0 aliphatic rings. The topological polar surface area (TPSA) is 30.2 Å². The van der Waals surface area contributed by atoms with Crippen molar-refractivity contribution in [2.75, 3.05) is 0 Å². The summed E-state index contributed by atoms with van der Waals surface area (Å²) in [6, 6.07) is 48.3. The Kier molecular flexibility index (Phi) is 5.17. The Bertz CT molecular complexity index is 2420. The third-order valence-corrected chi connectivity index (χ3v) is 10.8. The Labute approximate surface area is 243 Å². The molecule has 9 rings (SSSR count). The van der Waals surface area contributed by atoms with Crippen LogP contribution in [0, 0.1) is 0 Å². The monoisotopic (exact) mass is 553 g/mol. The fraction of sp³-hybridized carbons (Fsp3) is 0. The van der Waals surface area contributed by atoms with Crippen LogP contribution in [0.5, 0.6) is 0 Å². The van der Waals surface area contributed by atoms with Crippen molar-refractivity contribution in [3.63, 3.8) is 0 Å².